The van der Waals surface area contributed by atoms with Gasteiger partial charge in [0, 0.05) is 0 Å². The van der Waals surface area contributed by atoms with E-state index in [0.29, 0.717) is 0 Å². The quantitative estimate of drug-likeness (QED) is 0.466. The van der Waals surface area contributed by atoms with E-state index in [1.807, 2.05) is 0 Å². The first-order chi connectivity index (χ1) is 3.56. The topological polar surface area (TPSA) is 9.23 Å². The molecule has 0 saturated carbocycles. The van der Waals surface area contributed by atoms with Gasteiger partial charge in [-0.25, -0.2) is 0 Å². The van der Waals surface area contributed by atoms with Crippen LogP contribution in [0.5, 0.6) is 0 Å². The van der Waals surface area contributed by atoms with Gasteiger partial charge in [-0.3, -0.25) is 0 Å². The Morgan fingerprint density at radius 3 is 2.00 bits per heavy atom. The average Bonchev–Trinajstić information content (AvgIpc) is 1.59. The van der Waals surface area contributed by atoms with E-state index in [1.165, 1.54) is 23.4 Å². The van der Waals surface area contributed by atoms with Crippen molar-refractivity contribution in [3.63, 3.8) is 0 Å². The Hall–Kier alpha value is 0.738. The van der Waals surface area contributed by atoms with Crippen LogP contribution in [-0.2, 0) is 3.02 Å². The molecule has 0 amide bonds. The summed E-state index contributed by atoms with van der Waals surface area (Å²) in [6.07, 6.45) is 0. The first kappa shape index (κ1) is 8.74. The molecule has 0 saturated heterocycles. The van der Waals surface area contributed by atoms with Crippen molar-refractivity contribution >= 4 is 23.4 Å². The second kappa shape index (κ2) is 3.70. The van der Waals surface area contributed by atoms with E-state index in [4.69, 9.17) is 3.02 Å². The summed E-state index contributed by atoms with van der Waals surface area (Å²) in [7, 11) is 6.49. The molecule has 0 N–H and O–H groups in total. The van der Waals surface area contributed by atoms with Crippen LogP contribution in [0.25, 0.3) is 0 Å². The van der Waals surface area contributed by atoms with Crippen molar-refractivity contribution in [2.45, 2.75) is 0 Å². The number of likely N-dealkylation sites (N-methyl/N-ethyl adjacent to an activating group) is 1. The molecule has 0 aliphatic carbocycles. The third-order valence-corrected chi connectivity index (χ3v) is 1.45. The molecular formula is C5H14NOSb+. The molecule has 0 atom stereocenters. The zero-order chi connectivity index (χ0) is 6.62. The molecule has 0 fully saturated rings. The summed E-state index contributed by atoms with van der Waals surface area (Å²) < 4.78 is 5.99. The van der Waals surface area contributed by atoms with Crippen LogP contribution in [0.1, 0.15) is 0 Å². The molecular weight excluding hydrogens is 212 g/mol. The third kappa shape index (κ3) is 6.74. The maximum absolute atomic E-state index is 4.99. The number of rotatable bonds is 3. The van der Waals surface area contributed by atoms with Gasteiger partial charge in [0.2, 0.25) is 0 Å². The van der Waals surface area contributed by atoms with Gasteiger partial charge in [0.1, 0.15) is 0 Å². The molecule has 0 rings (SSSR count). The van der Waals surface area contributed by atoms with Gasteiger partial charge in [-0.05, 0) is 0 Å². The minimum absolute atomic E-state index is 0.891. The van der Waals surface area contributed by atoms with Gasteiger partial charge in [0.15, 0.2) is 0 Å². The third-order valence-electron chi connectivity index (χ3n) is 0.864. The summed E-state index contributed by atoms with van der Waals surface area (Å²) in [5.41, 5.74) is 0. The average molecular weight is 226 g/mol. The Labute approximate surface area is 65.5 Å². The van der Waals surface area contributed by atoms with E-state index in [2.05, 4.69) is 21.1 Å². The van der Waals surface area contributed by atoms with Crippen LogP contribution < -0.4 is 0 Å². The fraction of sp³-hybridized carbons (Fsp3) is 1.00. The zero-order valence-electron chi connectivity index (χ0n) is 5.77. The van der Waals surface area contributed by atoms with Crippen LogP contribution in [0.15, 0.2) is 0 Å². The Bertz CT molecular complexity index is 59.9. The SMILES string of the molecule is C[N+](C)(C)CC[O][SbH]. The molecule has 3 heteroatoms. The van der Waals surface area contributed by atoms with Crippen LogP contribution >= 0.6 is 0 Å². The zero-order valence-corrected chi connectivity index (χ0v) is 8.62. The maximum atomic E-state index is 4.99. The summed E-state index contributed by atoms with van der Waals surface area (Å²) >= 11 is 1.17. The summed E-state index contributed by atoms with van der Waals surface area (Å²) in [6.45, 7) is 1.99. The molecule has 0 spiro atoms. The monoisotopic (exact) mass is 225 g/mol. The molecule has 0 bridgehead atoms. The second-order valence-corrected chi connectivity index (χ2v) is 3.69. The van der Waals surface area contributed by atoms with Crippen molar-refractivity contribution in [1.82, 2.24) is 0 Å². The summed E-state index contributed by atoms with van der Waals surface area (Å²) in [5, 5.41) is 0. The molecule has 0 aromatic rings. The number of quaternary nitrogens is 1. The van der Waals surface area contributed by atoms with E-state index in [9.17, 15) is 0 Å². The number of hydrogen-bond donors (Lipinski definition) is 0. The van der Waals surface area contributed by atoms with E-state index in [-0.39, 0.29) is 0 Å². The minimum atomic E-state index is 0.891. The van der Waals surface area contributed by atoms with E-state index < -0.39 is 0 Å². The van der Waals surface area contributed by atoms with E-state index >= 15 is 0 Å². The predicted octanol–water partition coefficient (Wildman–Crippen LogP) is -0.475. The van der Waals surface area contributed by atoms with Crippen LogP contribution in [-0.4, -0.2) is 62.2 Å². The van der Waals surface area contributed by atoms with Crippen LogP contribution in [0.3, 0.4) is 0 Å². The fourth-order valence-corrected chi connectivity index (χ4v) is 0.580. The number of nitrogens with zero attached hydrogens (tertiary/aromatic N) is 1. The standard InChI is InChI=1S/C5H13NO.Sb.H/c1-6(2,3)4-5-7;;/h4-5H2,1-3H3;;/q;+1;. The molecule has 0 aliphatic heterocycles. The van der Waals surface area contributed by atoms with Gasteiger partial charge in [-0.15, -0.1) is 0 Å². The molecule has 1 radical (unpaired) electrons. The second-order valence-electron chi connectivity index (χ2n) is 2.86. The predicted molar refractivity (Wildman–Crippen MR) is 36.0 cm³/mol. The van der Waals surface area contributed by atoms with Crippen LogP contribution in [0.2, 0.25) is 0 Å². The van der Waals surface area contributed by atoms with Gasteiger partial charge in [0.25, 0.3) is 0 Å². The first-order valence-electron chi connectivity index (χ1n) is 2.65. The molecule has 0 unspecified atom stereocenters. The molecule has 0 heterocycles. The van der Waals surface area contributed by atoms with Crippen molar-refractivity contribution in [1.29, 1.82) is 0 Å². The fourth-order valence-electron chi connectivity index (χ4n) is 0.320. The van der Waals surface area contributed by atoms with Crippen LogP contribution in [0, 0.1) is 0 Å². The molecule has 0 aliphatic rings. The van der Waals surface area contributed by atoms with Gasteiger partial charge >= 0.3 is 65.2 Å². The van der Waals surface area contributed by atoms with Gasteiger partial charge in [-0.1, -0.05) is 0 Å². The Morgan fingerprint density at radius 1 is 1.38 bits per heavy atom. The summed E-state index contributed by atoms with van der Waals surface area (Å²) in [5.74, 6) is 0. The van der Waals surface area contributed by atoms with Gasteiger partial charge in [0.05, 0.1) is 0 Å². The van der Waals surface area contributed by atoms with Crippen molar-refractivity contribution in [2.75, 3.05) is 34.3 Å². The Morgan fingerprint density at radius 2 is 1.88 bits per heavy atom. The Balaban J connectivity index is 3.11. The Kier molecular flexibility index (Phi) is 4.05. The molecule has 0 aromatic heterocycles. The first-order valence-corrected chi connectivity index (χ1v) is 3.82. The molecule has 0 aromatic carbocycles. The molecule has 2 nitrogen and oxygen atoms in total. The molecule has 49 valence electrons. The van der Waals surface area contributed by atoms with Crippen molar-refractivity contribution in [2.24, 2.45) is 0 Å². The van der Waals surface area contributed by atoms with E-state index in [1.54, 1.807) is 0 Å². The van der Waals surface area contributed by atoms with Gasteiger partial charge < -0.3 is 0 Å². The molecule has 8 heavy (non-hydrogen) atoms. The normalized spacial score (nSPS) is 12.0. The summed E-state index contributed by atoms with van der Waals surface area (Å²) in [4.78, 5) is 0. The van der Waals surface area contributed by atoms with E-state index in [0.717, 1.165) is 17.6 Å². The van der Waals surface area contributed by atoms with Gasteiger partial charge in [-0.2, -0.15) is 0 Å². The van der Waals surface area contributed by atoms with Crippen molar-refractivity contribution in [3.05, 3.63) is 0 Å². The van der Waals surface area contributed by atoms with Crippen LogP contribution in [0.4, 0.5) is 0 Å². The summed E-state index contributed by atoms with van der Waals surface area (Å²) in [6, 6.07) is 0. The number of hydrogen-bond acceptors (Lipinski definition) is 1. The van der Waals surface area contributed by atoms with Crippen molar-refractivity contribution in [3.8, 4) is 0 Å². The van der Waals surface area contributed by atoms with Crippen molar-refractivity contribution < 1.29 is 7.50 Å².